The number of hydrogen-bond donors (Lipinski definition) is 3. The summed E-state index contributed by atoms with van der Waals surface area (Å²) >= 11 is 1.68. The lowest BCUT2D eigenvalue weighted by Gasteiger charge is -2.51. The van der Waals surface area contributed by atoms with E-state index < -0.39 is 0 Å². The van der Waals surface area contributed by atoms with Gasteiger partial charge in [0.2, 0.25) is 0 Å². The van der Waals surface area contributed by atoms with Gasteiger partial charge in [0, 0.05) is 22.7 Å². The van der Waals surface area contributed by atoms with Crippen LogP contribution in [0.3, 0.4) is 0 Å². The van der Waals surface area contributed by atoms with Crippen LogP contribution in [-0.2, 0) is 0 Å². The van der Waals surface area contributed by atoms with E-state index in [2.05, 4.69) is 26.1 Å². The van der Waals surface area contributed by atoms with Crippen molar-refractivity contribution < 1.29 is 10.2 Å². The van der Waals surface area contributed by atoms with Gasteiger partial charge in [-0.25, -0.2) is 0 Å². The van der Waals surface area contributed by atoms with Gasteiger partial charge in [0.25, 0.3) is 0 Å². The van der Waals surface area contributed by atoms with Crippen LogP contribution in [0.1, 0.15) is 27.2 Å². The Balaban J connectivity index is 2.42. The van der Waals surface area contributed by atoms with E-state index in [0.717, 1.165) is 6.42 Å². The fourth-order valence-electron chi connectivity index (χ4n) is 2.05. The number of rotatable bonds is 5. The fraction of sp³-hybridized carbons (Fsp3) is 1.00. The monoisotopic (exact) mass is 233 g/mol. The van der Waals surface area contributed by atoms with Crippen LogP contribution >= 0.6 is 11.8 Å². The summed E-state index contributed by atoms with van der Waals surface area (Å²) in [5, 5.41) is 22.5. The average molecular weight is 233 g/mol. The van der Waals surface area contributed by atoms with Gasteiger partial charge in [0.05, 0.1) is 12.7 Å². The Morgan fingerprint density at radius 2 is 2.13 bits per heavy atom. The maximum absolute atomic E-state index is 9.62. The first-order chi connectivity index (χ1) is 6.93. The molecule has 3 nitrogen and oxygen atoms in total. The number of aliphatic hydroxyl groups excluding tert-OH is 2. The van der Waals surface area contributed by atoms with Gasteiger partial charge >= 0.3 is 0 Å². The van der Waals surface area contributed by atoms with Gasteiger partial charge in [-0.05, 0) is 19.6 Å². The van der Waals surface area contributed by atoms with Crippen LogP contribution in [0.2, 0.25) is 0 Å². The van der Waals surface area contributed by atoms with Crippen molar-refractivity contribution >= 4 is 11.8 Å². The average Bonchev–Trinajstić information content (AvgIpc) is 2.19. The fourth-order valence-corrected chi connectivity index (χ4v) is 2.68. The molecule has 0 radical (unpaired) electrons. The van der Waals surface area contributed by atoms with E-state index in [1.807, 2.05) is 6.26 Å². The molecule has 0 bridgehead atoms. The summed E-state index contributed by atoms with van der Waals surface area (Å²) in [7, 11) is 0. The molecule has 0 amide bonds. The highest BCUT2D eigenvalue weighted by molar-refractivity contribution is 7.99. The number of hydrogen-bond acceptors (Lipinski definition) is 4. The Bertz CT molecular complexity index is 207. The van der Waals surface area contributed by atoms with E-state index in [1.54, 1.807) is 11.8 Å². The minimum Gasteiger partial charge on any atom is -0.395 e. The largest absolute Gasteiger partial charge is 0.395 e. The summed E-state index contributed by atoms with van der Waals surface area (Å²) in [5.74, 6) is 0. The third-order valence-corrected chi connectivity index (χ3v) is 4.88. The van der Waals surface area contributed by atoms with Gasteiger partial charge in [-0.3, -0.25) is 0 Å². The lowest BCUT2D eigenvalue weighted by Crippen LogP contribution is -2.62. The highest BCUT2D eigenvalue weighted by Gasteiger charge is 2.47. The Kier molecular flexibility index (Phi) is 4.47. The van der Waals surface area contributed by atoms with E-state index in [9.17, 15) is 10.2 Å². The first-order valence-corrected chi connectivity index (χ1v) is 6.80. The maximum atomic E-state index is 9.62. The summed E-state index contributed by atoms with van der Waals surface area (Å²) in [6.07, 6.45) is 2.65. The summed E-state index contributed by atoms with van der Waals surface area (Å²) in [5.41, 5.74) is -0.0350. The van der Waals surface area contributed by atoms with Crippen LogP contribution in [0, 0.1) is 5.41 Å². The molecule has 4 unspecified atom stereocenters. The Labute approximate surface area is 96.6 Å². The van der Waals surface area contributed by atoms with Gasteiger partial charge in [-0.1, -0.05) is 13.8 Å². The van der Waals surface area contributed by atoms with E-state index in [1.165, 1.54) is 0 Å². The van der Waals surface area contributed by atoms with Gasteiger partial charge in [-0.2, -0.15) is 11.8 Å². The van der Waals surface area contributed by atoms with Gasteiger partial charge < -0.3 is 15.5 Å². The zero-order valence-electron chi connectivity index (χ0n) is 10.0. The van der Waals surface area contributed by atoms with Gasteiger partial charge in [0.15, 0.2) is 0 Å². The van der Waals surface area contributed by atoms with Crippen molar-refractivity contribution in [2.24, 2.45) is 5.41 Å². The van der Waals surface area contributed by atoms with Crippen molar-refractivity contribution in [2.75, 3.05) is 12.9 Å². The van der Waals surface area contributed by atoms with E-state index in [-0.39, 0.29) is 29.4 Å². The minimum atomic E-state index is -0.191. The molecule has 3 N–H and O–H groups in total. The smallest absolute Gasteiger partial charge is 0.0621 e. The predicted octanol–water partition coefficient (Wildman–Crippen LogP) is 0.848. The minimum absolute atomic E-state index is 0.0350. The molecule has 1 fully saturated rings. The molecule has 4 heteroatoms. The molecule has 0 spiro atoms. The van der Waals surface area contributed by atoms with Crippen molar-refractivity contribution in [3.05, 3.63) is 0 Å². The van der Waals surface area contributed by atoms with Crippen LogP contribution in [0.15, 0.2) is 0 Å². The van der Waals surface area contributed by atoms with E-state index in [4.69, 9.17) is 0 Å². The molecule has 90 valence electrons. The Hall–Kier alpha value is 0.230. The summed E-state index contributed by atoms with van der Waals surface area (Å²) in [6.45, 7) is 6.46. The van der Waals surface area contributed by atoms with E-state index in [0.29, 0.717) is 6.04 Å². The quantitative estimate of drug-likeness (QED) is 0.659. The molecule has 15 heavy (non-hydrogen) atoms. The van der Waals surface area contributed by atoms with Crippen LogP contribution in [0.5, 0.6) is 0 Å². The lowest BCUT2D eigenvalue weighted by atomic mass is 9.64. The zero-order chi connectivity index (χ0) is 11.6. The summed E-state index contributed by atoms with van der Waals surface area (Å²) in [6, 6.07) is 0.644. The molecule has 4 atom stereocenters. The van der Waals surface area contributed by atoms with Crippen molar-refractivity contribution in [2.45, 2.75) is 50.6 Å². The maximum Gasteiger partial charge on any atom is 0.0621 e. The molecule has 0 aromatic rings. The summed E-state index contributed by atoms with van der Waals surface area (Å²) < 4.78 is 0. The molecule has 1 aliphatic rings. The molecule has 0 heterocycles. The molecule has 0 aromatic carbocycles. The number of nitrogens with one attached hydrogen (secondary N) is 1. The van der Waals surface area contributed by atoms with Crippen molar-refractivity contribution in [3.63, 3.8) is 0 Å². The topological polar surface area (TPSA) is 52.5 Å². The van der Waals surface area contributed by atoms with Crippen molar-refractivity contribution in [1.29, 1.82) is 0 Å². The molecule has 1 saturated carbocycles. The first kappa shape index (κ1) is 13.3. The predicted molar refractivity (Wildman–Crippen MR) is 65.2 cm³/mol. The van der Waals surface area contributed by atoms with Gasteiger partial charge in [-0.15, -0.1) is 0 Å². The third kappa shape index (κ3) is 2.67. The summed E-state index contributed by atoms with van der Waals surface area (Å²) in [4.78, 5) is 0. The Morgan fingerprint density at radius 1 is 1.53 bits per heavy atom. The van der Waals surface area contributed by atoms with Crippen LogP contribution in [0.4, 0.5) is 0 Å². The highest BCUT2D eigenvalue weighted by Crippen LogP contribution is 2.40. The van der Waals surface area contributed by atoms with Crippen LogP contribution in [0.25, 0.3) is 0 Å². The molecule has 0 aromatic heterocycles. The second-order valence-electron chi connectivity index (χ2n) is 5.04. The molecule has 0 saturated heterocycles. The van der Waals surface area contributed by atoms with Crippen LogP contribution < -0.4 is 5.32 Å². The number of aliphatic hydroxyl groups is 2. The Morgan fingerprint density at radius 3 is 2.47 bits per heavy atom. The second-order valence-corrected chi connectivity index (χ2v) is 6.11. The SMILES string of the molecule is CSC(CO)C(C)NC1CC(O)C1(C)C. The zero-order valence-corrected chi connectivity index (χ0v) is 10.8. The normalized spacial score (nSPS) is 33.2. The van der Waals surface area contributed by atoms with Crippen molar-refractivity contribution in [3.8, 4) is 0 Å². The third-order valence-electron chi connectivity index (χ3n) is 3.72. The molecule has 1 rings (SSSR count). The van der Waals surface area contributed by atoms with Crippen molar-refractivity contribution in [1.82, 2.24) is 5.32 Å². The molecule has 0 aliphatic heterocycles. The molecular formula is C11H23NO2S. The lowest BCUT2D eigenvalue weighted by molar-refractivity contribution is -0.0756. The first-order valence-electron chi connectivity index (χ1n) is 5.51. The van der Waals surface area contributed by atoms with Gasteiger partial charge in [0.1, 0.15) is 0 Å². The highest BCUT2D eigenvalue weighted by atomic mass is 32.2. The number of thioether (sulfide) groups is 1. The second kappa shape index (κ2) is 5.04. The van der Waals surface area contributed by atoms with Crippen LogP contribution in [-0.4, -0.2) is 46.5 Å². The standard InChI is InChI=1S/C11H23NO2S/c1-7(8(6-13)15-4)12-9-5-10(14)11(9,2)3/h7-10,12-14H,5-6H2,1-4H3. The molecule has 1 aliphatic carbocycles. The molecular weight excluding hydrogens is 210 g/mol. The van der Waals surface area contributed by atoms with E-state index >= 15 is 0 Å².